The molecule has 3 nitrogen and oxygen atoms in total. The molecule has 1 heterocycles. The summed E-state index contributed by atoms with van der Waals surface area (Å²) in [4.78, 5) is 0. The molecule has 0 radical (unpaired) electrons. The predicted octanol–water partition coefficient (Wildman–Crippen LogP) is 3.12. The Morgan fingerprint density at radius 3 is 2.65 bits per heavy atom. The molecule has 102 valence electrons. The third-order valence-corrected chi connectivity index (χ3v) is 3.77. The Balaban J connectivity index is 1.95. The fourth-order valence-corrected chi connectivity index (χ4v) is 2.80. The second-order valence-electron chi connectivity index (χ2n) is 5.29. The van der Waals surface area contributed by atoms with Gasteiger partial charge in [0.1, 0.15) is 0 Å². The van der Waals surface area contributed by atoms with Crippen molar-refractivity contribution in [1.29, 1.82) is 0 Å². The Labute approximate surface area is 119 Å². The lowest BCUT2D eigenvalue weighted by molar-refractivity contribution is 0.718. The molecule has 0 aliphatic heterocycles. The first-order valence-electron chi connectivity index (χ1n) is 6.87. The van der Waals surface area contributed by atoms with Crippen LogP contribution in [-0.2, 0) is 13.5 Å². The number of hydrogen-bond acceptors (Lipinski definition) is 2. The summed E-state index contributed by atoms with van der Waals surface area (Å²) in [5.41, 5.74) is 9.81. The topological polar surface area (TPSA) is 43.8 Å². The van der Waals surface area contributed by atoms with E-state index in [4.69, 9.17) is 5.73 Å². The van der Waals surface area contributed by atoms with Crippen molar-refractivity contribution in [1.82, 2.24) is 9.78 Å². The summed E-state index contributed by atoms with van der Waals surface area (Å²) < 4.78 is 1.83. The van der Waals surface area contributed by atoms with Crippen LogP contribution in [0, 0.1) is 6.92 Å². The van der Waals surface area contributed by atoms with Gasteiger partial charge >= 0.3 is 0 Å². The van der Waals surface area contributed by atoms with E-state index in [1.165, 1.54) is 16.3 Å². The lowest BCUT2D eigenvalue weighted by Crippen LogP contribution is -2.14. The quantitative estimate of drug-likeness (QED) is 0.790. The summed E-state index contributed by atoms with van der Waals surface area (Å²) in [6.07, 6.45) is 2.85. The highest BCUT2D eigenvalue weighted by atomic mass is 15.2. The Morgan fingerprint density at radius 2 is 1.90 bits per heavy atom. The van der Waals surface area contributed by atoms with Gasteiger partial charge in [0.2, 0.25) is 0 Å². The van der Waals surface area contributed by atoms with Gasteiger partial charge in [0, 0.05) is 24.8 Å². The minimum absolute atomic E-state index is 0.0190. The number of fused-ring (bicyclic) bond motifs is 1. The van der Waals surface area contributed by atoms with E-state index in [1.54, 1.807) is 0 Å². The number of nitrogens with two attached hydrogens (primary N) is 1. The number of aryl methyl sites for hydroxylation is 2. The summed E-state index contributed by atoms with van der Waals surface area (Å²) in [5.74, 6) is 0. The third kappa shape index (κ3) is 2.32. The second kappa shape index (κ2) is 5.10. The zero-order chi connectivity index (χ0) is 14.1. The first-order chi connectivity index (χ1) is 9.65. The van der Waals surface area contributed by atoms with Crippen LogP contribution in [0.4, 0.5) is 0 Å². The fraction of sp³-hybridized carbons (Fsp3) is 0.235. The summed E-state index contributed by atoms with van der Waals surface area (Å²) >= 11 is 0. The van der Waals surface area contributed by atoms with E-state index in [9.17, 15) is 0 Å². The second-order valence-corrected chi connectivity index (χ2v) is 5.29. The monoisotopic (exact) mass is 265 g/mol. The lowest BCUT2D eigenvalue weighted by atomic mass is 9.96. The molecule has 0 aliphatic rings. The zero-order valence-electron chi connectivity index (χ0n) is 11.9. The van der Waals surface area contributed by atoms with Crippen LogP contribution in [0.1, 0.15) is 22.9 Å². The Bertz CT molecular complexity index is 738. The molecule has 3 aromatic rings. The first-order valence-corrected chi connectivity index (χ1v) is 6.87. The highest BCUT2D eigenvalue weighted by Crippen LogP contribution is 2.24. The standard InChI is InChI=1S/C17H19N3/c1-12-16(11-20(2)19-12)17(18)10-14-8-5-7-13-6-3-4-9-15(13)14/h3-9,11,17H,10,18H2,1-2H3. The van der Waals surface area contributed by atoms with E-state index in [1.807, 2.05) is 24.9 Å². The van der Waals surface area contributed by atoms with E-state index in [2.05, 4.69) is 47.6 Å². The van der Waals surface area contributed by atoms with Crippen LogP contribution in [0.5, 0.6) is 0 Å². The maximum absolute atomic E-state index is 6.38. The van der Waals surface area contributed by atoms with Gasteiger partial charge in [0.05, 0.1) is 5.69 Å². The molecule has 0 bridgehead atoms. The van der Waals surface area contributed by atoms with Gasteiger partial charge in [0.25, 0.3) is 0 Å². The molecule has 0 fully saturated rings. The number of aromatic nitrogens is 2. The SMILES string of the molecule is Cc1nn(C)cc1C(N)Cc1cccc2ccccc12. The van der Waals surface area contributed by atoms with Gasteiger partial charge < -0.3 is 5.73 Å². The molecule has 1 aromatic heterocycles. The van der Waals surface area contributed by atoms with Crippen LogP contribution < -0.4 is 5.73 Å². The van der Waals surface area contributed by atoms with Crippen LogP contribution in [0.2, 0.25) is 0 Å². The lowest BCUT2D eigenvalue weighted by Gasteiger charge is -2.13. The zero-order valence-corrected chi connectivity index (χ0v) is 11.9. The van der Waals surface area contributed by atoms with Crippen molar-refractivity contribution >= 4 is 10.8 Å². The van der Waals surface area contributed by atoms with E-state index in [0.29, 0.717) is 0 Å². The van der Waals surface area contributed by atoms with Crippen LogP contribution in [0.25, 0.3) is 10.8 Å². The molecular formula is C17H19N3. The molecule has 3 heteroatoms. The van der Waals surface area contributed by atoms with Crippen molar-refractivity contribution in [2.75, 3.05) is 0 Å². The molecular weight excluding hydrogens is 246 g/mol. The average Bonchev–Trinajstić information content (AvgIpc) is 2.78. The van der Waals surface area contributed by atoms with Gasteiger partial charge in [-0.1, -0.05) is 42.5 Å². The van der Waals surface area contributed by atoms with Gasteiger partial charge in [-0.2, -0.15) is 5.10 Å². The normalized spacial score (nSPS) is 12.8. The molecule has 0 amide bonds. The minimum Gasteiger partial charge on any atom is -0.324 e. The largest absolute Gasteiger partial charge is 0.324 e. The molecule has 0 saturated heterocycles. The smallest absolute Gasteiger partial charge is 0.0641 e. The van der Waals surface area contributed by atoms with Gasteiger partial charge in [-0.05, 0) is 29.7 Å². The van der Waals surface area contributed by atoms with E-state index in [0.717, 1.165) is 17.7 Å². The molecule has 3 rings (SSSR count). The van der Waals surface area contributed by atoms with Crippen LogP contribution in [0.3, 0.4) is 0 Å². The van der Waals surface area contributed by atoms with Crippen LogP contribution >= 0.6 is 0 Å². The maximum atomic E-state index is 6.38. The Morgan fingerprint density at radius 1 is 1.15 bits per heavy atom. The maximum Gasteiger partial charge on any atom is 0.0641 e. The number of nitrogens with zero attached hydrogens (tertiary/aromatic N) is 2. The summed E-state index contributed by atoms with van der Waals surface area (Å²) in [6.45, 7) is 2.01. The summed E-state index contributed by atoms with van der Waals surface area (Å²) in [5, 5.41) is 6.92. The minimum atomic E-state index is -0.0190. The number of hydrogen-bond donors (Lipinski definition) is 1. The van der Waals surface area contributed by atoms with Crippen molar-refractivity contribution in [3.63, 3.8) is 0 Å². The molecule has 0 saturated carbocycles. The molecule has 0 aliphatic carbocycles. The van der Waals surface area contributed by atoms with Crippen molar-refractivity contribution in [2.24, 2.45) is 12.8 Å². The van der Waals surface area contributed by atoms with Crippen LogP contribution in [-0.4, -0.2) is 9.78 Å². The molecule has 2 N–H and O–H groups in total. The van der Waals surface area contributed by atoms with Gasteiger partial charge in [0.15, 0.2) is 0 Å². The predicted molar refractivity (Wildman–Crippen MR) is 82.5 cm³/mol. The van der Waals surface area contributed by atoms with Crippen molar-refractivity contribution in [2.45, 2.75) is 19.4 Å². The fourth-order valence-electron chi connectivity index (χ4n) is 2.80. The highest BCUT2D eigenvalue weighted by molar-refractivity contribution is 5.85. The molecule has 1 atom stereocenters. The van der Waals surface area contributed by atoms with Crippen LogP contribution in [0.15, 0.2) is 48.7 Å². The number of rotatable bonds is 3. The Kier molecular flexibility index (Phi) is 3.28. The first kappa shape index (κ1) is 12.9. The molecule has 0 spiro atoms. The van der Waals surface area contributed by atoms with E-state index < -0.39 is 0 Å². The Hall–Kier alpha value is -2.13. The average molecular weight is 265 g/mol. The third-order valence-electron chi connectivity index (χ3n) is 3.77. The van der Waals surface area contributed by atoms with E-state index in [-0.39, 0.29) is 6.04 Å². The van der Waals surface area contributed by atoms with Gasteiger partial charge in [-0.25, -0.2) is 0 Å². The van der Waals surface area contributed by atoms with Crippen molar-refractivity contribution < 1.29 is 0 Å². The molecule has 2 aromatic carbocycles. The summed E-state index contributed by atoms with van der Waals surface area (Å²) in [6, 6.07) is 14.8. The van der Waals surface area contributed by atoms with Gasteiger partial charge in [-0.15, -0.1) is 0 Å². The highest BCUT2D eigenvalue weighted by Gasteiger charge is 2.14. The molecule has 1 unspecified atom stereocenters. The molecule has 20 heavy (non-hydrogen) atoms. The number of benzene rings is 2. The summed E-state index contributed by atoms with van der Waals surface area (Å²) in [7, 11) is 1.93. The van der Waals surface area contributed by atoms with Crippen molar-refractivity contribution in [3.8, 4) is 0 Å². The van der Waals surface area contributed by atoms with Crippen molar-refractivity contribution in [3.05, 3.63) is 65.5 Å². The van der Waals surface area contributed by atoms with E-state index >= 15 is 0 Å². The van der Waals surface area contributed by atoms with Gasteiger partial charge in [-0.3, -0.25) is 4.68 Å².